The lowest BCUT2D eigenvalue weighted by molar-refractivity contribution is -0.897. The Morgan fingerprint density at radius 3 is 2.62 bits per heavy atom. The summed E-state index contributed by atoms with van der Waals surface area (Å²) < 4.78 is 0. The highest BCUT2D eigenvalue weighted by atomic mass is 35.5. The van der Waals surface area contributed by atoms with Crippen molar-refractivity contribution in [3.05, 3.63) is 46.5 Å². The summed E-state index contributed by atoms with van der Waals surface area (Å²) in [5, 5.41) is 38.7. The third kappa shape index (κ3) is 2.60. The lowest BCUT2D eigenvalue weighted by Crippen LogP contribution is -3.13. The maximum absolute atomic E-state index is 9.96. The van der Waals surface area contributed by atoms with Crippen LogP contribution in [0.5, 0.6) is 0 Å². The van der Waals surface area contributed by atoms with Gasteiger partial charge in [0.25, 0.3) is 0 Å². The second kappa shape index (κ2) is 6.93. The molecule has 5 nitrogen and oxygen atoms in total. The van der Waals surface area contributed by atoms with E-state index >= 15 is 0 Å². The summed E-state index contributed by atoms with van der Waals surface area (Å²) in [6.07, 6.45) is 2.03. The summed E-state index contributed by atoms with van der Waals surface area (Å²) in [6, 6.07) is 13.5. The zero-order chi connectivity index (χ0) is 18.9. The van der Waals surface area contributed by atoms with Crippen LogP contribution in [0.1, 0.15) is 18.4 Å². The van der Waals surface area contributed by atoms with Crippen molar-refractivity contribution < 1.29 is 4.90 Å². The highest BCUT2D eigenvalue weighted by Gasteiger charge is 2.58. The van der Waals surface area contributed by atoms with E-state index in [2.05, 4.69) is 25.1 Å². The van der Waals surface area contributed by atoms with Crippen LogP contribution < -0.4 is 4.90 Å². The molecular formula is C20H19ClN5+. The Kier molecular flexibility index (Phi) is 4.84. The quantitative estimate of drug-likeness (QED) is 0.786. The normalized spacial score (nSPS) is 29.5. The van der Waals surface area contributed by atoms with Gasteiger partial charge in [0.1, 0.15) is 5.92 Å². The monoisotopic (exact) mass is 364 g/mol. The molecule has 0 spiro atoms. The predicted octanol–water partition coefficient (Wildman–Crippen LogP) is 2.09. The first kappa shape index (κ1) is 18.2. The first-order valence-corrected chi connectivity index (χ1v) is 9.00. The lowest BCUT2D eigenvalue weighted by Gasteiger charge is -2.46. The Bertz CT molecular complexity index is 884. The van der Waals surface area contributed by atoms with E-state index in [4.69, 9.17) is 17.0 Å². The molecule has 1 heterocycles. The third-order valence-electron chi connectivity index (χ3n) is 5.67. The summed E-state index contributed by atoms with van der Waals surface area (Å²) in [4.78, 5) is 1.33. The molecule has 26 heavy (non-hydrogen) atoms. The van der Waals surface area contributed by atoms with E-state index in [1.165, 1.54) is 4.90 Å². The molecule has 1 aromatic rings. The molecule has 1 fully saturated rings. The van der Waals surface area contributed by atoms with E-state index in [9.17, 15) is 15.8 Å². The Balaban J connectivity index is 2.26. The largest absolute Gasteiger partial charge is 0.331 e. The molecule has 1 aromatic carbocycles. The van der Waals surface area contributed by atoms with E-state index in [0.717, 1.165) is 30.8 Å². The van der Waals surface area contributed by atoms with Crippen LogP contribution in [-0.2, 0) is 0 Å². The summed E-state index contributed by atoms with van der Waals surface area (Å²) in [5.74, 6) is -1.47. The molecule has 0 aromatic heterocycles. The van der Waals surface area contributed by atoms with Crippen LogP contribution in [0.25, 0.3) is 0 Å². The first-order chi connectivity index (χ1) is 12.5. The Labute approximate surface area is 158 Å². The number of hydrogen-bond donors (Lipinski definition) is 2. The molecular weight excluding hydrogens is 346 g/mol. The molecule has 1 saturated carbocycles. The molecule has 6 heteroatoms. The summed E-state index contributed by atoms with van der Waals surface area (Å²) in [5.41, 5.74) is -0.128. The van der Waals surface area contributed by atoms with Crippen molar-refractivity contribution >= 4 is 17.3 Å². The van der Waals surface area contributed by atoms with Crippen molar-refractivity contribution in [2.45, 2.75) is 12.8 Å². The van der Waals surface area contributed by atoms with Gasteiger partial charge < -0.3 is 10.3 Å². The number of hydrogen-bond acceptors (Lipinski definition) is 4. The zero-order valence-corrected chi connectivity index (χ0v) is 15.2. The summed E-state index contributed by atoms with van der Waals surface area (Å²) in [7, 11) is 0. The van der Waals surface area contributed by atoms with E-state index in [1.54, 1.807) is 18.2 Å². The molecule has 3 rings (SSSR count). The average molecular weight is 365 g/mol. The number of quaternary nitrogens is 1. The van der Waals surface area contributed by atoms with Crippen molar-refractivity contribution in [2.75, 3.05) is 19.6 Å². The average Bonchev–Trinajstić information content (AvgIpc) is 2.66. The van der Waals surface area contributed by atoms with Crippen LogP contribution in [0.4, 0.5) is 0 Å². The predicted molar refractivity (Wildman–Crippen MR) is 97.5 cm³/mol. The van der Waals surface area contributed by atoms with Gasteiger partial charge in [0.2, 0.25) is 0 Å². The third-order valence-corrected chi connectivity index (χ3v) is 5.90. The van der Waals surface area contributed by atoms with E-state index in [0.29, 0.717) is 5.02 Å². The zero-order valence-electron chi connectivity index (χ0n) is 14.5. The van der Waals surface area contributed by atoms with Crippen LogP contribution in [0.15, 0.2) is 35.9 Å². The van der Waals surface area contributed by atoms with Crippen molar-refractivity contribution in [2.24, 2.45) is 17.3 Å². The van der Waals surface area contributed by atoms with Gasteiger partial charge in [-0.2, -0.15) is 15.8 Å². The minimum Gasteiger partial charge on any atom is -0.331 e. The fraction of sp³-hybridized carbons (Fsp3) is 0.400. The fourth-order valence-electron chi connectivity index (χ4n) is 4.33. The number of rotatable bonds is 2. The maximum atomic E-state index is 9.96. The van der Waals surface area contributed by atoms with Crippen LogP contribution in [0.2, 0.25) is 5.02 Å². The minimum absolute atomic E-state index is 0.113. The molecule has 1 aliphatic heterocycles. The van der Waals surface area contributed by atoms with Crippen LogP contribution in [0, 0.1) is 56.7 Å². The van der Waals surface area contributed by atoms with Gasteiger partial charge in [0.15, 0.2) is 5.41 Å². The first-order valence-electron chi connectivity index (χ1n) is 8.62. The lowest BCUT2D eigenvalue weighted by atomic mass is 9.54. The van der Waals surface area contributed by atoms with E-state index in [1.807, 2.05) is 12.1 Å². The highest BCUT2D eigenvalue weighted by molar-refractivity contribution is 6.30. The van der Waals surface area contributed by atoms with Gasteiger partial charge in [-0.05, 0) is 36.3 Å². The van der Waals surface area contributed by atoms with Gasteiger partial charge in [0.05, 0.1) is 43.6 Å². The smallest absolute Gasteiger partial charge is 0.189 e. The second-order valence-corrected chi connectivity index (χ2v) is 7.30. The topological polar surface area (TPSA) is 99.7 Å². The molecule has 4 atom stereocenters. The summed E-state index contributed by atoms with van der Waals surface area (Å²) in [6.45, 7) is 4.54. The number of halogens is 1. The Morgan fingerprint density at radius 1 is 1.31 bits per heavy atom. The van der Waals surface area contributed by atoms with Crippen molar-refractivity contribution in [1.29, 1.82) is 21.2 Å². The van der Waals surface area contributed by atoms with E-state index in [-0.39, 0.29) is 11.6 Å². The number of fused-ring (bicyclic) bond motifs is 1. The van der Waals surface area contributed by atoms with Crippen molar-refractivity contribution in [3.63, 3.8) is 0 Å². The van der Waals surface area contributed by atoms with Crippen molar-refractivity contribution in [1.82, 2.24) is 0 Å². The molecule has 0 bridgehead atoms. The SMILES string of the molecule is CC[NH+]1CC=C2C(C#N)C(=N)C(C#N)(C#N)[C@@H](c3cccc(Cl)c3)[C@H]2C1. The molecule has 130 valence electrons. The van der Waals surface area contributed by atoms with Gasteiger partial charge >= 0.3 is 0 Å². The van der Waals surface area contributed by atoms with Gasteiger partial charge in [0, 0.05) is 16.9 Å². The minimum atomic E-state index is -1.66. The maximum Gasteiger partial charge on any atom is 0.189 e. The Morgan fingerprint density at radius 2 is 2.04 bits per heavy atom. The highest BCUT2D eigenvalue weighted by Crippen LogP contribution is 2.52. The number of benzene rings is 1. The van der Waals surface area contributed by atoms with Crippen molar-refractivity contribution in [3.8, 4) is 18.2 Å². The standard InChI is InChI=1S/C20H18ClN5/c1-2-26-7-6-15-16(9-22)19(25)20(11-23,12-24)18(17(15)10-26)13-4-3-5-14(21)8-13/h3-6,8,16-18,25H,2,7,10H2,1H3/p+1/t16?,17-,18-/m0/s1. The number of nitrogens with zero attached hydrogens (tertiary/aromatic N) is 3. The molecule has 2 N–H and O–H groups in total. The van der Waals surface area contributed by atoms with Gasteiger partial charge in [-0.3, -0.25) is 0 Å². The number of nitrogens with one attached hydrogen (secondary N) is 2. The van der Waals surface area contributed by atoms with Gasteiger partial charge in [-0.15, -0.1) is 0 Å². The molecule has 2 aliphatic rings. The molecule has 0 radical (unpaired) electrons. The van der Waals surface area contributed by atoms with E-state index < -0.39 is 17.3 Å². The van der Waals surface area contributed by atoms with Crippen LogP contribution in [0.3, 0.4) is 0 Å². The van der Waals surface area contributed by atoms with Gasteiger partial charge in [-0.1, -0.05) is 23.7 Å². The molecule has 1 aliphatic carbocycles. The summed E-state index contributed by atoms with van der Waals surface area (Å²) >= 11 is 6.18. The Hall–Kier alpha value is -2.65. The number of nitriles is 3. The van der Waals surface area contributed by atoms with Gasteiger partial charge in [-0.25, -0.2) is 0 Å². The van der Waals surface area contributed by atoms with Crippen LogP contribution >= 0.6 is 11.6 Å². The molecule has 0 saturated heterocycles. The number of likely N-dealkylation sites (N-methyl/N-ethyl adjacent to an activating group) is 1. The molecule has 2 unspecified atom stereocenters. The van der Waals surface area contributed by atoms with Crippen LogP contribution in [-0.4, -0.2) is 25.3 Å². The fourth-order valence-corrected chi connectivity index (χ4v) is 4.52. The second-order valence-electron chi connectivity index (χ2n) is 6.86. The molecule has 0 amide bonds.